The molecule has 9 heteroatoms. The molecule has 2 rings (SSSR count). The van der Waals surface area contributed by atoms with Gasteiger partial charge in [0.15, 0.2) is 0 Å². The lowest BCUT2D eigenvalue weighted by molar-refractivity contribution is -0.119. The van der Waals surface area contributed by atoms with Gasteiger partial charge in [-0.1, -0.05) is 24.4 Å². The highest BCUT2D eigenvalue weighted by Gasteiger charge is 2.22. The van der Waals surface area contributed by atoms with E-state index in [-0.39, 0.29) is 17.5 Å². The van der Waals surface area contributed by atoms with Crippen molar-refractivity contribution >= 4 is 33.2 Å². The first-order valence-electron chi connectivity index (χ1n) is 9.01. The molecule has 152 valence electrons. The second kappa shape index (κ2) is 10.1. The van der Waals surface area contributed by atoms with Crippen LogP contribution in [0.2, 0.25) is 5.02 Å². The van der Waals surface area contributed by atoms with Crippen LogP contribution in [0.5, 0.6) is 5.75 Å². The van der Waals surface area contributed by atoms with Gasteiger partial charge in [-0.25, -0.2) is 8.42 Å². The van der Waals surface area contributed by atoms with Crippen molar-refractivity contribution in [3.63, 3.8) is 0 Å². The number of ether oxygens (including phenoxy) is 2. The summed E-state index contributed by atoms with van der Waals surface area (Å²) in [5.41, 5.74) is 0.308. The molecular weight excluding hydrogens is 392 g/mol. The lowest BCUT2D eigenvalue weighted by Crippen LogP contribution is -2.40. The highest BCUT2D eigenvalue weighted by Crippen LogP contribution is 2.30. The summed E-state index contributed by atoms with van der Waals surface area (Å²) in [5, 5.41) is 3.01. The summed E-state index contributed by atoms with van der Waals surface area (Å²) in [6, 6.07) is 4.58. The Labute approximate surface area is 166 Å². The molecule has 0 bridgehead atoms. The van der Waals surface area contributed by atoms with E-state index in [9.17, 15) is 13.2 Å². The fourth-order valence-corrected chi connectivity index (χ4v) is 4.10. The van der Waals surface area contributed by atoms with Crippen molar-refractivity contribution in [3.8, 4) is 5.75 Å². The minimum atomic E-state index is -3.65. The summed E-state index contributed by atoms with van der Waals surface area (Å²) in [6.45, 7) is 0.715. The van der Waals surface area contributed by atoms with E-state index in [1.807, 2.05) is 0 Å². The molecule has 1 fully saturated rings. The summed E-state index contributed by atoms with van der Waals surface area (Å²) >= 11 is 6.07. The Morgan fingerprint density at radius 3 is 2.63 bits per heavy atom. The predicted octanol–water partition coefficient (Wildman–Crippen LogP) is 2.58. The zero-order chi connectivity index (χ0) is 19.9. The van der Waals surface area contributed by atoms with Gasteiger partial charge >= 0.3 is 0 Å². The highest BCUT2D eigenvalue weighted by molar-refractivity contribution is 7.92. The number of halogens is 1. The van der Waals surface area contributed by atoms with Crippen LogP contribution in [-0.2, 0) is 19.6 Å². The third-order valence-electron chi connectivity index (χ3n) is 4.41. The Morgan fingerprint density at radius 1 is 1.33 bits per heavy atom. The first-order valence-corrected chi connectivity index (χ1v) is 11.2. The first-order chi connectivity index (χ1) is 12.8. The second-order valence-electron chi connectivity index (χ2n) is 6.57. The molecule has 0 spiro atoms. The molecule has 0 saturated heterocycles. The fourth-order valence-electron chi connectivity index (χ4n) is 3.00. The van der Waals surface area contributed by atoms with Gasteiger partial charge in [-0.05, 0) is 37.5 Å². The number of hydrogen-bond donors (Lipinski definition) is 1. The normalized spacial score (nSPS) is 14.9. The van der Waals surface area contributed by atoms with Crippen LogP contribution in [0.25, 0.3) is 0 Å². The van der Waals surface area contributed by atoms with Gasteiger partial charge in [-0.15, -0.1) is 0 Å². The van der Waals surface area contributed by atoms with Crippen LogP contribution >= 0.6 is 11.6 Å². The van der Waals surface area contributed by atoms with Crippen molar-refractivity contribution in [2.24, 2.45) is 0 Å². The number of anilines is 1. The largest absolute Gasteiger partial charge is 0.495 e. The molecule has 1 N–H and O–H groups in total. The molecule has 7 nitrogen and oxygen atoms in total. The third kappa shape index (κ3) is 6.86. The van der Waals surface area contributed by atoms with Crippen molar-refractivity contribution in [1.29, 1.82) is 0 Å². The maximum absolute atomic E-state index is 12.2. The lowest BCUT2D eigenvalue weighted by atomic mass is 10.3. The standard InChI is InChI=1S/C18H27ClN2O5S/c1-25-17-9-8-14(12-16(17)19)21(27(2,23)24)13-18(22)20-10-5-11-26-15-6-3-4-7-15/h8-9,12,15H,3-7,10-11,13H2,1-2H3,(H,20,22). The monoisotopic (exact) mass is 418 g/mol. The summed E-state index contributed by atoms with van der Waals surface area (Å²) in [5.74, 6) is 0.0498. The minimum absolute atomic E-state index is 0.271. The van der Waals surface area contributed by atoms with E-state index in [4.69, 9.17) is 21.1 Å². The van der Waals surface area contributed by atoms with Crippen molar-refractivity contribution < 1.29 is 22.7 Å². The molecule has 1 aromatic rings. The number of nitrogens with zero attached hydrogens (tertiary/aromatic N) is 1. The number of amides is 1. The van der Waals surface area contributed by atoms with Crippen molar-refractivity contribution in [1.82, 2.24) is 5.32 Å². The number of rotatable bonds is 10. The number of carbonyl (C=O) groups is 1. The van der Waals surface area contributed by atoms with Gasteiger partial charge in [0.2, 0.25) is 15.9 Å². The fraction of sp³-hybridized carbons (Fsp3) is 0.611. The van der Waals surface area contributed by atoms with Gasteiger partial charge in [-0.2, -0.15) is 0 Å². The number of carbonyl (C=O) groups excluding carboxylic acids is 1. The van der Waals surface area contributed by atoms with E-state index in [1.165, 1.54) is 26.0 Å². The van der Waals surface area contributed by atoms with Crippen LogP contribution < -0.4 is 14.4 Å². The molecule has 0 atom stereocenters. The Kier molecular flexibility index (Phi) is 8.19. The van der Waals surface area contributed by atoms with Crippen molar-refractivity contribution in [3.05, 3.63) is 23.2 Å². The van der Waals surface area contributed by atoms with Crippen molar-refractivity contribution in [2.75, 3.05) is 37.4 Å². The smallest absolute Gasteiger partial charge is 0.240 e. The molecule has 0 unspecified atom stereocenters. The van der Waals surface area contributed by atoms with Crippen LogP contribution in [0.1, 0.15) is 32.1 Å². The molecule has 0 aliphatic heterocycles. The Hall–Kier alpha value is -1.51. The van der Waals surface area contributed by atoms with Crippen LogP contribution in [0.15, 0.2) is 18.2 Å². The van der Waals surface area contributed by atoms with Gasteiger partial charge in [0, 0.05) is 13.2 Å². The Balaban J connectivity index is 1.86. The van der Waals surface area contributed by atoms with Crippen LogP contribution in [-0.4, -0.2) is 53.5 Å². The molecule has 1 aromatic carbocycles. The molecule has 0 aromatic heterocycles. The van der Waals surface area contributed by atoms with Gasteiger partial charge in [-0.3, -0.25) is 9.10 Å². The highest BCUT2D eigenvalue weighted by atomic mass is 35.5. The lowest BCUT2D eigenvalue weighted by Gasteiger charge is -2.22. The summed E-state index contributed by atoms with van der Waals surface area (Å²) in [4.78, 5) is 12.2. The van der Waals surface area contributed by atoms with E-state index in [2.05, 4.69) is 5.32 Å². The molecule has 1 amide bonds. The average Bonchev–Trinajstić information content (AvgIpc) is 3.11. The zero-order valence-electron chi connectivity index (χ0n) is 15.7. The van der Waals surface area contributed by atoms with Gasteiger partial charge in [0.25, 0.3) is 0 Å². The Morgan fingerprint density at radius 2 is 2.04 bits per heavy atom. The molecule has 1 aliphatic rings. The second-order valence-corrected chi connectivity index (χ2v) is 8.88. The maximum Gasteiger partial charge on any atom is 0.240 e. The van der Waals surface area contributed by atoms with E-state index in [0.717, 1.165) is 23.4 Å². The number of benzene rings is 1. The molecule has 0 heterocycles. The first kappa shape index (κ1) is 21.8. The molecule has 27 heavy (non-hydrogen) atoms. The van der Waals surface area contributed by atoms with Crippen LogP contribution in [0.4, 0.5) is 5.69 Å². The molecule has 1 saturated carbocycles. The van der Waals surface area contributed by atoms with E-state index in [0.29, 0.717) is 37.1 Å². The number of nitrogens with one attached hydrogen (secondary N) is 1. The van der Waals surface area contributed by atoms with E-state index in [1.54, 1.807) is 12.1 Å². The molecule has 1 aliphatic carbocycles. The maximum atomic E-state index is 12.2. The zero-order valence-corrected chi connectivity index (χ0v) is 17.3. The molecule has 0 radical (unpaired) electrons. The van der Waals surface area contributed by atoms with Crippen molar-refractivity contribution in [2.45, 2.75) is 38.2 Å². The molecular formula is C18H27ClN2O5S. The van der Waals surface area contributed by atoms with E-state index >= 15 is 0 Å². The third-order valence-corrected chi connectivity index (χ3v) is 5.85. The van der Waals surface area contributed by atoms with Gasteiger partial charge < -0.3 is 14.8 Å². The predicted molar refractivity (Wildman–Crippen MR) is 106 cm³/mol. The number of methoxy groups -OCH3 is 1. The van der Waals surface area contributed by atoms with Gasteiger partial charge in [0.05, 0.1) is 30.2 Å². The summed E-state index contributed by atoms with van der Waals surface area (Å²) in [7, 11) is -2.18. The number of sulfonamides is 1. The quantitative estimate of drug-likeness (QED) is 0.590. The van der Waals surface area contributed by atoms with Crippen LogP contribution in [0.3, 0.4) is 0 Å². The summed E-state index contributed by atoms with van der Waals surface area (Å²) in [6.07, 6.45) is 6.75. The Bertz CT molecular complexity index is 735. The summed E-state index contributed by atoms with van der Waals surface area (Å²) < 4.78 is 36.0. The van der Waals surface area contributed by atoms with Gasteiger partial charge in [0.1, 0.15) is 12.3 Å². The average molecular weight is 419 g/mol. The van der Waals surface area contributed by atoms with E-state index < -0.39 is 10.0 Å². The topological polar surface area (TPSA) is 84.9 Å². The number of hydrogen-bond acceptors (Lipinski definition) is 5. The minimum Gasteiger partial charge on any atom is -0.495 e. The van der Waals surface area contributed by atoms with Crippen LogP contribution in [0, 0.1) is 0 Å². The SMILES string of the molecule is COc1ccc(N(CC(=O)NCCCOC2CCCC2)S(C)(=O)=O)cc1Cl.